The molecule has 8 heteroatoms. The summed E-state index contributed by atoms with van der Waals surface area (Å²) >= 11 is 0. The Balaban J connectivity index is 1.29. The molecule has 4 atom stereocenters. The van der Waals surface area contributed by atoms with Gasteiger partial charge in [-0.05, 0) is 40.7 Å². The van der Waals surface area contributed by atoms with E-state index >= 15 is 0 Å². The lowest BCUT2D eigenvalue weighted by molar-refractivity contribution is -0.142. The minimum absolute atomic E-state index is 0.0869. The molecule has 0 spiro atoms. The topological polar surface area (TPSA) is 105 Å². The van der Waals surface area contributed by atoms with Crippen molar-refractivity contribution < 1.29 is 29.0 Å². The van der Waals surface area contributed by atoms with Gasteiger partial charge in [-0.3, -0.25) is 9.59 Å². The van der Waals surface area contributed by atoms with Crippen molar-refractivity contribution in [2.45, 2.75) is 38.5 Å². The molecule has 1 aliphatic carbocycles. The van der Waals surface area contributed by atoms with Crippen LogP contribution < -0.4 is 5.32 Å². The van der Waals surface area contributed by atoms with E-state index < -0.39 is 30.1 Å². The molecular formula is C32H34N2O6. The van der Waals surface area contributed by atoms with Gasteiger partial charge in [0, 0.05) is 19.0 Å². The number of likely N-dealkylation sites (tertiary alicyclic amines) is 1. The third-order valence-corrected chi connectivity index (χ3v) is 7.95. The van der Waals surface area contributed by atoms with Gasteiger partial charge in [-0.25, -0.2) is 4.79 Å². The average molecular weight is 543 g/mol. The number of ether oxygens (including phenoxy) is 2. The molecule has 208 valence electrons. The van der Waals surface area contributed by atoms with Crippen molar-refractivity contribution >= 4 is 18.0 Å². The number of hydrogen-bond donors (Lipinski definition) is 2. The van der Waals surface area contributed by atoms with Crippen LogP contribution in [0.1, 0.15) is 36.5 Å². The Morgan fingerprint density at radius 1 is 0.925 bits per heavy atom. The lowest BCUT2D eigenvalue weighted by Crippen LogP contribution is -2.54. The van der Waals surface area contributed by atoms with Gasteiger partial charge < -0.3 is 24.8 Å². The first-order valence-corrected chi connectivity index (χ1v) is 13.6. The third kappa shape index (κ3) is 5.72. The lowest BCUT2D eigenvalue weighted by Gasteiger charge is -2.28. The highest BCUT2D eigenvalue weighted by Gasteiger charge is 2.41. The standard InChI is InChI=1S/C32H34N2O6/c1-20-16-34(17-27(20)31(36)37)30(35)29(21(2)39-18-22-10-4-3-5-11-22)33-32(38)40-19-28-25-14-8-6-12-23(25)24-13-7-9-15-26(24)28/h3-15,20-21,27-29H,16-19H2,1-2H3,(H,33,38)(H,36,37)/t20-,21-,27-,29+/m0/s1. The Labute approximate surface area is 233 Å². The molecule has 1 fully saturated rings. The first-order valence-electron chi connectivity index (χ1n) is 13.6. The zero-order valence-corrected chi connectivity index (χ0v) is 22.7. The van der Waals surface area contributed by atoms with Crippen molar-refractivity contribution in [3.05, 3.63) is 95.6 Å². The van der Waals surface area contributed by atoms with Crippen molar-refractivity contribution in [2.24, 2.45) is 11.8 Å². The average Bonchev–Trinajstić information content (AvgIpc) is 3.52. The maximum atomic E-state index is 13.6. The summed E-state index contributed by atoms with van der Waals surface area (Å²) in [5.41, 5.74) is 5.37. The second-order valence-corrected chi connectivity index (χ2v) is 10.6. The first-order chi connectivity index (χ1) is 19.3. The smallest absolute Gasteiger partial charge is 0.407 e. The minimum Gasteiger partial charge on any atom is -0.481 e. The van der Waals surface area contributed by atoms with Crippen molar-refractivity contribution in [1.82, 2.24) is 10.2 Å². The molecule has 1 aliphatic heterocycles. The molecule has 0 aromatic heterocycles. The molecular weight excluding hydrogens is 508 g/mol. The van der Waals surface area contributed by atoms with Gasteiger partial charge in [0.15, 0.2) is 0 Å². The number of alkyl carbamates (subject to hydrolysis) is 1. The molecule has 5 rings (SSSR count). The maximum absolute atomic E-state index is 13.6. The Bertz CT molecular complexity index is 1330. The van der Waals surface area contributed by atoms with Crippen LogP contribution in [0.25, 0.3) is 11.1 Å². The van der Waals surface area contributed by atoms with Crippen molar-refractivity contribution in [1.29, 1.82) is 0 Å². The predicted molar refractivity (Wildman–Crippen MR) is 150 cm³/mol. The van der Waals surface area contributed by atoms with Crippen molar-refractivity contribution in [3.8, 4) is 11.1 Å². The van der Waals surface area contributed by atoms with Gasteiger partial charge >= 0.3 is 12.1 Å². The van der Waals surface area contributed by atoms with E-state index in [9.17, 15) is 19.5 Å². The highest BCUT2D eigenvalue weighted by molar-refractivity contribution is 5.87. The number of carboxylic acid groups (broad SMARTS) is 1. The number of carbonyl (C=O) groups is 3. The number of fused-ring (bicyclic) bond motifs is 3. The highest BCUT2D eigenvalue weighted by Crippen LogP contribution is 2.44. The van der Waals surface area contributed by atoms with Gasteiger partial charge in [0.25, 0.3) is 0 Å². The number of amides is 2. The van der Waals surface area contributed by atoms with Crippen LogP contribution >= 0.6 is 0 Å². The molecule has 2 amide bonds. The molecule has 40 heavy (non-hydrogen) atoms. The Morgan fingerprint density at radius 2 is 1.52 bits per heavy atom. The molecule has 2 aliphatic rings. The quantitative estimate of drug-likeness (QED) is 0.407. The molecule has 1 heterocycles. The summed E-state index contributed by atoms with van der Waals surface area (Å²) in [5, 5.41) is 12.3. The zero-order valence-electron chi connectivity index (χ0n) is 22.7. The molecule has 0 saturated carbocycles. The van der Waals surface area contributed by atoms with Crippen LogP contribution in [0.5, 0.6) is 0 Å². The van der Waals surface area contributed by atoms with Crippen molar-refractivity contribution in [2.75, 3.05) is 19.7 Å². The number of carbonyl (C=O) groups excluding carboxylic acids is 2. The number of carboxylic acids is 1. The van der Waals surface area contributed by atoms with E-state index in [1.165, 1.54) is 4.90 Å². The van der Waals surface area contributed by atoms with E-state index in [-0.39, 0.29) is 37.5 Å². The minimum atomic E-state index is -1.04. The molecule has 1 saturated heterocycles. The normalized spacial score (nSPS) is 19.4. The zero-order chi connectivity index (χ0) is 28.2. The molecule has 3 aromatic rings. The van der Waals surface area contributed by atoms with Crippen LogP contribution in [0.15, 0.2) is 78.9 Å². The van der Waals surface area contributed by atoms with E-state index in [4.69, 9.17) is 9.47 Å². The Kier molecular flexibility index (Phi) is 8.16. The van der Waals surface area contributed by atoms with E-state index in [1.807, 2.05) is 73.7 Å². The van der Waals surface area contributed by atoms with Crippen LogP contribution in [0.3, 0.4) is 0 Å². The van der Waals surface area contributed by atoms with E-state index in [0.717, 1.165) is 27.8 Å². The summed E-state index contributed by atoms with van der Waals surface area (Å²) in [6, 6.07) is 24.7. The van der Waals surface area contributed by atoms with Gasteiger partial charge in [0.05, 0.1) is 18.6 Å². The summed E-state index contributed by atoms with van der Waals surface area (Å²) in [4.78, 5) is 39.9. The highest BCUT2D eigenvalue weighted by atomic mass is 16.5. The van der Waals surface area contributed by atoms with Crippen LogP contribution in [-0.2, 0) is 25.7 Å². The fourth-order valence-corrected chi connectivity index (χ4v) is 5.71. The molecule has 8 nitrogen and oxygen atoms in total. The second kappa shape index (κ2) is 11.9. The SMILES string of the molecule is C[C@H](OCc1ccccc1)[C@@H](NC(=O)OCC1c2ccccc2-c2ccccc21)C(=O)N1C[C@H](C(=O)O)[C@@H](C)C1. The van der Waals surface area contributed by atoms with Gasteiger partial charge in [0.2, 0.25) is 5.91 Å². The van der Waals surface area contributed by atoms with E-state index in [0.29, 0.717) is 6.54 Å². The molecule has 2 N–H and O–H groups in total. The van der Waals surface area contributed by atoms with Crippen LogP contribution in [0.4, 0.5) is 4.79 Å². The number of hydrogen-bond acceptors (Lipinski definition) is 5. The number of nitrogens with zero attached hydrogens (tertiary/aromatic N) is 1. The van der Waals surface area contributed by atoms with Crippen LogP contribution in [0.2, 0.25) is 0 Å². The molecule has 3 aromatic carbocycles. The van der Waals surface area contributed by atoms with Gasteiger partial charge in [0.1, 0.15) is 12.6 Å². The maximum Gasteiger partial charge on any atom is 0.407 e. The van der Waals surface area contributed by atoms with Crippen LogP contribution in [0, 0.1) is 11.8 Å². The van der Waals surface area contributed by atoms with Gasteiger partial charge in [-0.15, -0.1) is 0 Å². The first kappa shape index (κ1) is 27.4. The fraction of sp³-hybridized carbons (Fsp3) is 0.344. The van der Waals surface area contributed by atoms with Crippen molar-refractivity contribution in [3.63, 3.8) is 0 Å². The monoisotopic (exact) mass is 542 g/mol. The van der Waals surface area contributed by atoms with Gasteiger partial charge in [-0.1, -0.05) is 85.8 Å². The molecule has 0 unspecified atom stereocenters. The van der Waals surface area contributed by atoms with Gasteiger partial charge in [-0.2, -0.15) is 0 Å². The lowest BCUT2D eigenvalue weighted by atomic mass is 9.98. The van der Waals surface area contributed by atoms with E-state index in [1.54, 1.807) is 6.92 Å². The third-order valence-electron chi connectivity index (χ3n) is 7.95. The summed E-state index contributed by atoms with van der Waals surface area (Å²) in [7, 11) is 0. The summed E-state index contributed by atoms with van der Waals surface area (Å²) < 4.78 is 11.7. The number of nitrogens with one attached hydrogen (secondary N) is 1. The number of rotatable bonds is 9. The molecule has 0 radical (unpaired) electrons. The summed E-state index contributed by atoms with van der Waals surface area (Å²) in [6.45, 7) is 4.29. The molecule has 0 bridgehead atoms. The Hall–Kier alpha value is -4.17. The second-order valence-electron chi connectivity index (χ2n) is 10.6. The predicted octanol–water partition coefficient (Wildman–Crippen LogP) is 4.68. The van der Waals surface area contributed by atoms with Crippen LogP contribution in [-0.4, -0.2) is 59.8 Å². The fourth-order valence-electron chi connectivity index (χ4n) is 5.71. The summed E-state index contributed by atoms with van der Waals surface area (Å²) in [5.74, 6) is -2.28. The summed E-state index contributed by atoms with van der Waals surface area (Å²) in [6.07, 6.45) is -1.41. The largest absolute Gasteiger partial charge is 0.481 e. The number of aliphatic carboxylic acids is 1. The number of benzene rings is 3. The van der Waals surface area contributed by atoms with E-state index in [2.05, 4.69) is 17.4 Å². The Morgan fingerprint density at radius 3 is 2.12 bits per heavy atom.